The second kappa shape index (κ2) is 6.54. The van der Waals surface area contributed by atoms with E-state index in [4.69, 9.17) is 9.05 Å². The molecule has 6 nitrogen and oxygen atoms in total. The zero-order valence-electron chi connectivity index (χ0n) is 10.6. The zero-order valence-corrected chi connectivity index (χ0v) is 11.5. The molecule has 2 N–H and O–H groups in total. The van der Waals surface area contributed by atoms with E-state index in [0.29, 0.717) is 5.69 Å². The molecule has 18 heavy (non-hydrogen) atoms. The number of hydrogen-bond acceptors (Lipinski definition) is 4. The molecule has 0 heterocycles. The van der Waals surface area contributed by atoms with Crippen molar-refractivity contribution in [3.05, 3.63) is 29.8 Å². The van der Waals surface area contributed by atoms with Crippen LogP contribution in [0.15, 0.2) is 24.3 Å². The predicted octanol–water partition coefficient (Wildman–Crippen LogP) is 2.42. The van der Waals surface area contributed by atoms with Crippen LogP contribution >= 0.6 is 7.60 Å². The van der Waals surface area contributed by atoms with Crippen LogP contribution in [-0.4, -0.2) is 27.3 Å². The molecule has 0 atom stereocenters. The van der Waals surface area contributed by atoms with E-state index in [1.54, 1.807) is 24.3 Å². The van der Waals surface area contributed by atoms with Crippen LogP contribution in [-0.2, 0) is 19.8 Å². The second-order valence-electron chi connectivity index (χ2n) is 3.54. The summed E-state index contributed by atoms with van der Waals surface area (Å²) in [7, 11) is 1.19. The quantitative estimate of drug-likeness (QED) is 0.807. The number of amides is 2. The molecule has 0 bridgehead atoms. The van der Waals surface area contributed by atoms with E-state index < -0.39 is 7.60 Å². The van der Waals surface area contributed by atoms with E-state index in [1.807, 2.05) is 0 Å². The highest BCUT2D eigenvalue weighted by Crippen LogP contribution is 2.49. The fraction of sp³-hybridized carbons (Fsp3) is 0.364. The van der Waals surface area contributed by atoms with E-state index in [0.717, 1.165) is 5.56 Å². The third kappa shape index (κ3) is 4.14. The van der Waals surface area contributed by atoms with Gasteiger partial charge in [-0.1, -0.05) is 12.1 Å². The van der Waals surface area contributed by atoms with Gasteiger partial charge >= 0.3 is 13.6 Å². The molecule has 0 aromatic heterocycles. The molecule has 7 heteroatoms. The van der Waals surface area contributed by atoms with Gasteiger partial charge in [0, 0.05) is 27.0 Å². The Balaban J connectivity index is 2.71. The minimum absolute atomic E-state index is 0.195. The van der Waals surface area contributed by atoms with Crippen molar-refractivity contribution >= 4 is 19.3 Å². The van der Waals surface area contributed by atoms with Crippen LogP contribution in [0.2, 0.25) is 0 Å². The topological polar surface area (TPSA) is 76.7 Å². The molecule has 0 spiro atoms. The van der Waals surface area contributed by atoms with Crippen molar-refractivity contribution in [2.75, 3.05) is 26.6 Å². The van der Waals surface area contributed by atoms with E-state index in [2.05, 4.69) is 10.6 Å². The van der Waals surface area contributed by atoms with E-state index in [1.165, 1.54) is 21.3 Å². The average molecular weight is 272 g/mol. The van der Waals surface area contributed by atoms with Gasteiger partial charge in [-0.3, -0.25) is 4.57 Å². The Morgan fingerprint density at radius 2 is 1.78 bits per heavy atom. The molecule has 1 rings (SSSR count). The first-order valence-electron chi connectivity index (χ1n) is 5.31. The molecule has 1 aromatic carbocycles. The number of anilines is 1. The van der Waals surface area contributed by atoms with Crippen LogP contribution in [0.1, 0.15) is 5.56 Å². The lowest BCUT2D eigenvalue weighted by Crippen LogP contribution is -2.24. The van der Waals surface area contributed by atoms with Crippen LogP contribution in [0.4, 0.5) is 10.5 Å². The van der Waals surface area contributed by atoms with Crippen molar-refractivity contribution in [3.8, 4) is 0 Å². The summed E-state index contributed by atoms with van der Waals surface area (Å²) in [5, 5.41) is 5.08. The van der Waals surface area contributed by atoms with Gasteiger partial charge in [-0.15, -0.1) is 0 Å². The fourth-order valence-electron chi connectivity index (χ4n) is 1.31. The molecule has 100 valence electrons. The van der Waals surface area contributed by atoms with Crippen molar-refractivity contribution in [2.24, 2.45) is 0 Å². The van der Waals surface area contributed by atoms with Gasteiger partial charge in [0.1, 0.15) is 0 Å². The third-order valence-corrected chi connectivity index (χ3v) is 4.24. The fourth-order valence-corrected chi connectivity index (χ4v) is 2.38. The molecular formula is C11H17N2O4P. The van der Waals surface area contributed by atoms with E-state index in [9.17, 15) is 9.36 Å². The molecular weight excluding hydrogens is 255 g/mol. The Morgan fingerprint density at radius 1 is 1.22 bits per heavy atom. The highest BCUT2D eigenvalue weighted by molar-refractivity contribution is 7.52. The number of rotatable bonds is 5. The summed E-state index contributed by atoms with van der Waals surface area (Å²) >= 11 is 0. The Labute approximate surface area is 106 Å². The van der Waals surface area contributed by atoms with Crippen LogP contribution in [0.25, 0.3) is 0 Å². The normalized spacial score (nSPS) is 11.1. The minimum atomic E-state index is -3.05. The maximum absolute atomic E-state index is 11.9. The minimum Gasteiger partial charge on any atom is -0.341 e. The number of benzene rings is 1. The summed E-state index contributed by atoms with van der Waals surface area (Å²) in [6.07, 6.45) is 0.195. The van der Waals surface area contributed by atoms with E-state index >= 15 is 0 Å². The first-order valence-corrected chi connectivity index (χ1v) is 7.04. The summed E-state index contributed by atoms with van der Waals surface area (Å²) in [4.78, 5) is 11.1. The van der Waals surface area contributed by atoms with Crippen LogP contribution in [0.3, 0.4) is 0 Å². The molecule has 0 radical (unpaired) electrons. The molecule has 0 saturated carbocycles. The molecule has 0 unspecified atom stereocenters. The SMILES string of the molecule is CNC(=O)Nc1ccc(CP(=O)(OC)OC)cc1. The summed E-state index contributed by atoms with van der Waals surface area (Å²) in [5.74, 6) is 0. The Bertz CT molecular complexity index is 439. The number of carbonyl (C=O) groups is 1. The number of nitrogens with one attached hydrogen (secondary N) is 2. The van der Waals surface area contributed by atoms with Crippen molar-refractivity contribution in [2.45, 2.75) is 6.16 Å². The van der Waals surface area contributed by atoms with Gasteiger partial charge in [0.05, 0.1) is 6.16 Å². The van der Waals surface area contributed by atoms with Gasteiger partial charge < -0.3 is 19.7 Å². The maximum Gasteiger partial charge on any atom is 0.334 e. The number of carbonyl (C=O) groups excluding carboxylic acids is 1. The standard InChI is InChI=1S/C11H17N2O4P/c1-12-11(14)13-10-6-4-9(5-7-10)8-18(15,16-2)17-3/h4-7H,8H2,1-3H3,(H2,12,13,14). The number of hydrogen-bond donors (Lipinski definition) is 2. The lowest BCUT2D eigenvalue weighted by molar-refractivity contribution is 0.254. The van der Waals surface area contributed by atoms with Gasteiger partial charge in [-0.05, 0) is 17.7 Å². The van der Waals surface area contributed by atoms with Gasteiger partial charge in [0.15, 0.2) is 0 Å². The summed E-state index contributed by atoms with van der Waals surface area (Å²) in [5.41, 5.74) is 1.47. The largest absolute Gasteiger partial charge is 0.341 e. The maximum atomic E-state index is 11.9. The molecule has 0 aliphatic carbocycles. The summed E-state index contributed by atoms with van der Waals surface area (Å²) in [6, 6.07) is 6.68. The van der Waals surface area contributed by atoms with E-state index in [-0.39, 0.29) is 12.2 Å². The lowest BCUT2D eigenvalue weighted by Gasteiger charge is -2.13. The third-order valence-electron chi connectivity index (χ3n) is 2.37. The molecule has 2 amide bonds. The highest BCUT2D eigenvalue weighted by Gasteiger charge is 2.21. The lowest BCUT2D eigenvalue weighted by atomic mass is 10.2. The molecule has 1 aromatic rings. The first kappa shape index (κ1) is 14.7. The Hall–Kier alpha value is -1.36. The van der Waals surface area contributed by atoms with Gasteiger partial charge in [-0.2, -0.15) is 0 Å². The van der Waals surface area contributed by atoms with Crippen LogP contribution in [0.5, 0.6) is 0 Å². The smallest absolute Gasteiger partial charge is 0.334 e. The Morgan fingerprint density at radius 3 is 2.22 bits per heavy atom. The van der Waals surface area contributed by atoms with Crippen molar-refractivity contribution in [1.82, 2.24) is 5.32 Å². The highest BCUT2D eigenvalue weighted by atomic mass is 31.2. The summed E-state index contributed by atoms with van der Waals surface area (Å²) < 4.78 is 21.6. The first-order chi connectivity index (χ1) is 8.53. The van der Waals surface area contributed by atoms with Gasteiger partial charge in [0.2, 0.25) is 0 Å². The average Bonchev–Trinajstić information content (AvgIpc) is 2.40. The zero-order chi connectivity index (χ0) is 13.6. The molecule has 0 aliphatic heterocycles. The number of urea groups is 1. The molecule has 0 fully saturated rings. The monoisotopic (exact) mass is 272 g/mol. The summed E-state index contributed by atoms with van der Waals surface area (Å²) in [6.45, 7) is 0. The van der Waals surface area contributed by atoms with Crippen LogP contribution in [0, 0.1) is 0 Å². The van der Waals surface area contributed by atoms with Crippen molar-refractivity contribution in [3.63, 3.8) is 0 Å². The molecule has 0 aliphatic rings. The van der Waals surface area contributed by atoms with Crippen LogP contribution < -0.4 is 10.6 Å². The van der Waals surface area contributed by atoms with Gasteiger partial charge in [0.25, 0.3) is 0 Å². The second-order valence-corrected chi connectivity index (χ2v) is 5.80. The van der Waals surface area contributed by atoms with Crippen molar-refractivity contribution < 1.29 is 18.4 Å². The Kier molecular flexibility index (Phi) is 5.34. The molecule has 0 saturated heterocycles. The predicted molar refractivity (Wildman–Crippen MR) is 69.8 cm³/mol. The van der Waals surface area contributed by atoms with Gasteiger partial charge in [-0.25, -0.2) is 4.79 Å². The van der Waals surface area contributed by atoms with Crippen molar-refractivity contribution in [1.29, 1.82) is 0 Å².